The van der Waals surface area contributed by atoms with Gasteiger partial charge in [-0.15, -0.1) is 13.2 Å². The number of aliphatic hydroxyl groups excluding tert-OH is 1. The van der Waals surface area contributed by atoms with Gasteiger partial charge in [0.15, 0.2) is 0 Å². The molecule has 3 aliphatic rings. The Hall–Kier alpha value is -2.97. The minimum absolute atomic E-state index is 0.0578. The molecule has 3 unspecified atom stereocenters. The summed E-state index contributed by atoms with van der Waals surface area (Å²) in [6.07, 6.45) is 5.18. The summed E-state index contributed by atoms with van der Waals surface area (Å²) in [5.41, 5.74) is -1.11. The van der Waals surface area contributed by atoms with E-state index in [1.54, 1.807) is 26.9 Å². The van der Waals surface area contributed by atoms with E-state index in [2.05, 4.69) is 20.1 Å². The van der Waals surface area contributed by atoms with Crippen LogP contribution in [-0.4, -0.2) is 87.1 Å². The number of carbonyl (C=O) groups excluding carboxylic acids is 3. The molecule has 1 spiro atoms. The third-order valence-electron chi connectivity index (χ3n) is 9.63. The van der Waals surface area contributed by atoms with Crippen molar-refractivity contribution in [3.8, 4) is 0 Å². The number of nitrogens with zero attached hydrogens (tertiary/aromatic N) is 3. The second-order valence-electron chi connectivity index (χ2n) is 13.0. The van der Waals surface area contributed by atoms with Crippen LogP contribution in [0.1, 0.15) is 59.4 Å². The van der Waals surface area contributed by atoms with Crippen LogP contribution in [0.25, 0.3) is 0 Å². The first-order valence-corrected chi connectivity index (χ1v) is 15.5. The zero-order valence-corrected chi connectivity index (χ0v) is 26.0. The average molecular weight is 580 g/mol. The number of ether oxygens (including phenoxy) is 1. The van der Waals surface area contributed by atoms with Gasteiger partial charge < -0.3 is 24.5 Å². The number of amides is 3. The fourth-order valence-electron chi connectivity index (χ4n) is 7.82. The molecule has 230 valence electrons. The lowest BCUT2D eigenvalue weighted by Gasteiger charge is -2.40. The number of likely N-dealkylation sites (tertiary alicyclic amines) is 1. The first kappa shape index (κ1) is 32.0. The normalized spacial score (nSPS) is 30.4. The van der Waals surface area contributed by atoms with E-state index < -0.39 is 35.1 Å². The molecule has 8 nitrogen and oxygen atoms in total. The minimum atomic E-state index is -1.17. The lowest BCUT2D eigenvalue weighted by Crippen LogP contribution is -2.59. The predicted octanol–water partition coefficient (Wildman–Crippen LogP) is 4.04. The van der Waals surface area contributed by atoms with Crippen molar-refractivity contribution in [1.82, 2.24) is 14.7 Å². The average Bonchev–Trinajstić information content (AvgIpc) is 3.47. The summed E-state index contributed by atoms with van der Waals surface area (Å²) < 4.78 is 6.95. The van der Waals surface area contributed by atoms with E-state index in [0.29, 0.717) is 39.0 Å². The quantitative estimate of drug-likeness (QED) is 0.336. The number of carbonyl (C=O) groups is 3. The van der Waals surface area contributed by atoms with Crippen molar-refractivity contribution in [1.29, 1.82) is 0 Å². The lowest BCUT2D eigenvalue weighted by atomic mass is 9.62. The number of hydrogen-bond donors (Lipinski definition) is 1. The largest absolute Gasteiger partial charge is 0.394 e. The van der Waals surface area contributed by atoms with Crippen LogP contribution >= 0.6 is 0 Å². The molecular weight excluding hydrogens is 530 g/mol. The first-order valence-electron chi connectivity index (χ1n) is 15.5. The molecule has 0 aliphatic carbocycles. The second kappa shape index (κ2) is 12.7. The van der Waals surface area contributed by atoms with Gasteiger partial charge in [-0.05, 0) is 43.6 Å². The van der Waals surface area contributed by atoms with Crippen molar-refractivity contribution >= 4 is 17.7 Å². The van der Waals surface area contributed by atoms with Crippen molar-refractivity contribution < 1.29 is 24.2 Å². The van der Waals surface area contributed by atoms with Crippen molar-refractivity contribution in [2.24, 2.45) is 23.7 Å². The van der Waals surface area contributed by atoms with E-state index in [-0.39, 0.29) is 36.2 Å². The SMILES string of the molecule is C=CCN(Cc1ccccc1)C(=O)C1N([C@@H](CO)CC(C)C)C(=O)[C@@H]2[C@H](C(=O)N(CC=C)CCC)[C@@]3(C)OC12CC3C. The van der Waals surface area contributed by atoms with Gasteiger partial charge in [0.1, 0.15) is 11.6 Å². The molecule has 0 saturated carbocycles. The highest BCUT2D eigenvalue weighted by Gasteiger charge is 2.80. The Balaban J connectivity index is 1.85. The predicted molar refractivity (Wildman–Crippen MR) is 163 cm³/mol. The third-order valence-corrected chi connectivity index (χ3v) is 9.63. The van der Waals surface area contributed by atoms with Crippen molar-refractivity contribution in [3.63, 3.8) is 0 Å². The van der Waals surface area contributed by atoms with E-state index in [4.69, 9.17) is 4.74 Å². The molecule has 3 heterocycles. The minimum Gasteiger partial charge on any atom is -0.394 e. The topological polar surface area (TPSA) is 90.4 Å². The Bertz CT molecular complexity index is 1170. The highest BCUT2D eigenvalue weighted by molar-refractivity contribution is 5.99. The molecule has 3 aliphatic heterocycles. The molecule has 0 radical (unpaired) electrons. The van der Waals surface area contributed by atoms with E-state index in [9.17, 15) is 19.5 Å². The van der Waals surface area contributed by atoms with Crippen molar-refractivity contribution in [3.05, 3.63) is 61.2 Å². The van der Waals surface area contributed by atoms with Crippen LogP contribution in [0.3, 0.4) is 0 Å². The lowest BCUT2D eigenvalue weighted by molar-refractivity contribution is -0.158. The zero-order valence-electron chi connectivity index (χ0n) is 26.0. The fourth-order valence-corrected chi connectivity index (χ4v) is 7.82. The van der Waals surface area contributed by atoms with Crippen molar-refractivity contribution in [2.45, 2.75) is 83.7 Å². The summed E-state index contributed by atoms with van der Waals surface area (Å²) in [5, 5.41) is 10.6. The van der Waals surface area contributed by atoms with Gasteiger partial charge in [-0.25, -0.2) is 0 Å². The highest BCUT2D eigenvalue weighted by Crippen LogP contribution is 2.66. The number of fused-ring (bicyclic) bond motifs is 1. The molecule has 2 bridgehead atoms. The number of rotatable bonds is 14. The van der Waals surface area contributed by atoms with Crippen molar-refractivity contribution in [2.75, 3.05) is 26.2 Å². The second-order valence-corrected chi connectivity index (χ2v) is 13.0. The van der Waals surface area contributed by atoms with Crippen LogP contribution in [0, 0.1) is 23.7 Å². The first-order chi connectivity index (χ1) is 20.0. The molecule has 3 fully saturated rings. The van der Waals surface area contributed by atoms with Crippen LogP contribution in [0.5, 0.6) is 0 Å². The highest BCUT2D eigenvalue weighted by atomic mass is 16.5. The molecule has 4 rings (SSSR count). The van der Waals surface area contributed by atoms with Crippen LogP contribution in [-0.2, 0) is 25.7 Å². The van der Waals surface area contributed by atoms with Gasteiger partial charge in [0.25, 0.3) is 0 Å². The number of hydrogen-bond acceptors (Lipinski definition) is 5. The van der Waals surface area contributed by atoms with E-state index in [0.717, 1.165) is 12.0 Å². The summed E-state index contributed by atoms with van der Waals surface area (Å²) >= 11 is 0. The maximum atomic E-state index is 14.8. The van der Waals surface area contributed by atoms with Gasteiger partial charge in [-0.1, -0.05) is 70.2 Å². The summed E-state index contributed by atoms with van der Waals surface area (Å²) in [4.78, 5) is 48.8. The standard InChI is InChI=1S/C34H49N3O5/c1-8-16-35(17-9-2)30(39)27-28-31(40)37(26(22-38)19-23(4)5)29(34(28)20-24(6)33(27,7)42-34)32(41)36(18-10-3)21-25-14-12-11-13-15-25/h8,10-15,23-24,26-29,38H,1,3,9,16-22H2,2,4-7H3/t24?,26-,27-,28+,29?,33+,34?/m1/s1. The summed E-state index contributed by atoms with van der Waals surface area (Å²) in [7, 11) is 0. The Kier molecular flexibility index (Phi) is 9.68. The van der Waals surface area contributed by atoms with Gasteiger partial charge in [0.05, 0.1) is 30.1 Å². The Labute approximate surface area is 251 Å². The van der Waals surface area contributed by atoms with Crippen LogP contribution < -0.4 is 0 Å². The molecule has 1 N–H and O–H groups in total. The zero-order chi connectivity index (χ0) is 30.8. The molecule has 3 amide bonds. The Morgan fingerprint density at radius 1 is 1.14 bits per heavy atom. The van der Waals surface area contributed by atoms with Crippen LogP contribution in [0.4, 0.5) is 0 Å². The monoisotopic (exact) mass is 579 g/mol. The van der Waals surface area contributed by atoms with E-state index in [1.807, 2.05) is 58.0 Å². The molecule has 1 aromatic carbocycles. The molecule has 7 atom stereocenters. The smallest absolute Gasteiger partial charge is 0.249 e. The molecule has 8 heteroatoms. The van der Waals surface area contributed by atoms with E-state index >= 15 is 0 Å². The Morgan fingerprint density at radius 2 is 1.79 bits per heavy atom. The maximum absolute atomic E-state index is 14.8. The third kappa shape index (κ3) is 5.32. The number of aliphatic hydroxyl groups is 1. The summed E-state index contributed by atoms with van der Waals surface area (Å²) in [6.45, 7) is 19.1. The molecule has 0 aromatic heterocycles. The maximum Gasteiger partial charge on any atom is 0.249 e. The fraction of sp³-hybridized carbons (Fsp3) is 0.618. The molecule has 3 saturated heterocycles. The van der Waals surface area contributed by atoms with Gasteiger partial charge in [0, 0.05) is 26.2 Å². The van der Waals surface area contributed by atoms with Crippen LogP contribution in [0.2, 0.25) is 0 Å². The van der Waals surface area contributed by atoms with Gasteiger partial charge >= 0.3 is 0 Å². The van der Waals surface area contributed by atoms with Gasteiger partial charge in [0.2, 0.25) is 17.7 Å². The number of benzene rings is 1. The Morgan fingerprint density at radius 3 is 2.36 bits per heavy atom. The van der Waals surface area contributed by atoms with E-state index in [1.165, 1.54) is 0 Å². The molecule has 42 heavy (non-hydrogen) atoms. The molecule has 1 aromatic rings. The van der Waals surface area contributed by atoms with Crippen LogP contribution in [0.15, 0.2) is 55.6 Å². The summed E-state index contributed by atoms with van der Waals surface area (Å²) in [6, 6.07) is 8.19. The molecular formula is C34H49N3O5. The van der Waals surface area contributed by atoms with Gasteiger partial charge in [-0.3, -0.25) is 14.4 Å². The summed E-state index contributed by atoms with van der Waals surface area (Å²) in [5.74, 6) is -2.06. The van der Waals surface area contributed by atoms with Gasteiger partial charge in [-0.2, -0.15) is 0 Å².